The third-order valence-corrected chi connectivity index (χ3v) is 4.14. The van der Waals surface area contributed by atoms with Gasteiger partial charge in [-0.15, -0.1) is 0 Å². The smallest absolute Gasteiger partial charge is 0.0125 e. The Labute approximate surface area is 82.4 Å². The van der Waals surface area contributed by atoms with E-state index in [1.807, 2.05) is 0 Å². The minimum atomic E-state index is 0.497. The highest BCUT2D eigenvalue weighted by molar-refractivity contribution is 5.15. The molecule has 0 spiro atoms. The molecule has 1 saturated carbocycles. The highest BCUT2D eigenvalue weighted by Gasteiger charge is 2.45. The van der Waals surface area contributed by atoms with E-state index in [1.165, 1.54) is 25.7 Å². The van der Waals surface area contributed by atoms with Gasteiger partial charge < -0.3 is 0 Å². The van der Waals surface area contributed by atoms with Crippen LogP contribution in [-0.4, -0.2) is 0 Å². The third kappa shape index (κ3) is 1.45. The van der Waals surface area contributed by atoms with Gasteiger partial charge in [0.2, 0.25) is 0 Å². The molecule has 0 aromatic rings. The maximum atomic E-state index is 2.54. The molecule has 0 bridgehead atoms. The quantitative estimate of drug-likeness (QED) is 0.491. The third-order valence-electron chi connectivity index (χ3n) is 4.14. The molecule has 73 valence electrons. The number of hydrogen-bond acceptors (Lipinski definition) is 0. The molecule has 0 heterocycles. The number of rotatable bonds is 0. The minimum absolute atomic E-state index is 0.497. The zero-order chi connectivity index (χ0) is 9.53. The normalized spacial score (nSPS) is 42.8. The first-order valence-corrected chi connectivity index (χ1v) is 5.56. The van der Waals surface area contributed by atoms with Crippen molar-refractivity contribution in [1.29, 1.82) is 0 Å². The molecule has 2 unspecified atom stereocenters. The minimum Gasteiger partial charge on any atom is -0.0879 e. The van der Waals surface area contributed by atoms with Crippen LogP contribution in [-0.2, 0) is 0 Å². The van der Waals surface area contributed by atoms with Gasteiger partial charge in [-0.05, 0) is 42.4 Å². The van der Waals surface area contributed by atoms with Crippen LogP contribution in [0.25, 0.3) is 0 Å². The fourth-order valence-corrected chi connectivity index (χ4v) is 3.39. The summed E-state index contributed by atoms with van der Waals surface area (Å²) in [6.07, 6.45) is 12.7. The lowest BCUT2D eigenvalue weighted by atomic mass is 9.54. The SMILES string of the molecule is CC1(C)CCCC2(C)[CH]CC=CC12. The van der Waals surface area contributed by atoms with Crippen LogP contribution in [0.1, 0.15) is 46.5 Å². The molecule has 2 atom stereocenters. The molecule has 1 radical (unpaired) electrons. The van der Waals surface area contributed by atoms with Gasteiger partial charge in [0.15, 0.2) is 0 Å². The summed E-state index contributed by atoms with van der Waals surface area (Å²) in [5, 5.41) is 0. The first kappa shape index (κ1) is 9.30. The Morgan fingerprint density at radius 2 is 1.92 bits per heavy atom. The van der Waals surface area contributed by atoms with Crippen molar-refractivity contribution in [2.75, 3.05) is 0 Å². The molecule has 0 amide bonds. The second kappa shape index (κ2) is 2.87. The summed E-state index contributed by atoms with van der Waals surface area (Å²) < 4.78 is 0. The predicted molar refractivity (Wildman–Crippen MR) is 57.3 cm³/mol. The lowest BCUT2D eigenvalue weighted by Gasteiger charge is -2.51. The molecule has 0 aliphatic heterocycles. The lowest BCUT2D eigenvalue weighted by Crippen LogP contribution is -2.42. The van der Waals surface area contributed by atoms with Gasteiger partial charge in [-0.1, -0.05) is 39.3 Å². The first-order chi connectivity index (χ1) is 6.05. The van der Waals surface area contributed by atoms with E-state index in [-0.39, 0.29) is 0 Å². The predicted octanol–water partition coefficient (Wildman–Crippen LogP) is 3.98. The van der Waals surface area contributed by atoms with E-state index in [1.54, 1.807) is 0 Å². The van der Waals surface area contributed by atoms with Crippen molar-refractivity contribution in [2.45, 2.75) is 46.5 Å². The van der Waals surface area contributed by atoms with Gasteiger partial charge >= 0.3 is 0 Å². The maximum Gasteiger partial charge on any atom is -0.0125 e. The largest absolute Gasteiger partial charge is 0.0879 e. The molecule has 0 saturated heterocycles. The molecular weight excluding hydrogens is 156 g/mol. The second-order valence-electron chi connectivity index (χ2n) is 5.69. The van der Waals surface area contributed by atoms with Crippen molar-refractivity contribution in [1.82, 2.24) is 0 Å². The van der Waals surface area contributed by atoms with Crippen LogP contribution in [0.15, 0.2) is 12.2 Å². The Hall–Kier alpha value is -0.260. The monoisotopic (exact) mass is 177 g/mol. The highest BCUT2D eigenvalue weighted by Crippen LogP contribution is 2.54. The fourth-order valence-electron chi connectivity index (χ4n) is 3.39. The molecule has 13 heavy (non-hydrogen) atoms. The van der Waals surface area contributed by atoms with Crippen LogP contribution in [0.4, 0.5) is 0 Å². The molecule has 1 fully saturated rings. The summed E-state index contributed by atoms with van der Waals surface area (Å²) in [7, 11) is 0. The Balaban J connectivity index is 2.30. The Morgan fingerprint density at radius 1 is 1.15 bits per heavy atom. The number of allylic oxidation sites excluding steroid dienone is 2. The summed E-state index contributed by atoms with van der Waals surface area (Å²) in [4.78, 5) is 0. The average molecular weight is 177 g/mol. The van der Waals surface area contributed by atoms with E-state index >= 15 is 0 Å². The Kier molecular flexibility index (Phi) is 2.05. The number of hydrogen-bond donors (Lipinski definition) is 0. The maximum absolute atomic E-state index is 2.54. The van der Waals surface area contributed by atoms with Crippen LogP contribution < -0.4 is 0 Å². The summed E-state index contributed by atoms with van der Waals surface area (Å²) in [5.74, 6) is 0.780. The zero-order valence-electron chi connectivity index (χ0n) is 9.14. The van der Waals surface area contributed by atoms with Crippen LogP contribution in [0.5, 0.6) is 0 Å². The average Bonchev–Trinajstić information content (AvgIpc) is 2.02. The zero-order valence-corrected chi connectivity index (χ0v) is 9.14. The van der Waals surface area contributed by atoms with Crippen molar-refractivity contribution < 1.29 is 0 Å². The van der Waals surface area contributed by atoms with E-state index in [4.69, 9.17) is 0 Å². The van der Waals surface area contributed by atoms with E-state index < -0.39 is 0 Å². The van der Waals surface area contributed by atoms with Crippen molar-refractivity contribution in [3.05, 3.63) is 18.6 Å². The van der Waals surface area contributed by atoms with Crippen LogP contribution in [0.3, 0.4) is 0 Å². The lowest BCUT2D eigenvalue weighted by molar-refractivity contribution is 0.0540. The van der Waals surface area contributed by atoms with Gasteiger partial charge in [0, 0.05) is 0 Å². The van der Waals surface area contributed by atoms with Crippen molar-refractivity contribution in [3.8, 4) is 0 Å². The van der Waals surface area contributed by atoms with E-state index in [2.05, 4.69) is 39.3 Å². The van der Waals surface area contributed by atoms with Gasteiger partial charge in [-0.2, -0.15) is 0 Å². The summed E-state index contributed by atoms with van der Waals surface area (Å²) in [5.41, 5.74) is 1.01. The summed E-state index contributed by atoms with van der Waals surface area (Å²) in [6.45, 7) is 7.30. The molecule has 2 aliphatic carbocycles. The van der Waals surface area contributed by atoms with Crippen LogP contribution in [0, 0.1) is 23.2 Å². The van der Waals surface area contributed by atoms with E-state index in [0.29, 0.717) is 10.8 Å². The molecule has 2 rings (SSSR count). The Bertz CT molecular complexity index is 224. The molecule has 0 aromatic carbocycles. The molecule has 0 heteroatoms. The van der Waals surface area contributed by atoms with Crippen molar-refractivity contribution in [2.24, 2.45) is 16.7 Å². The molecule has 0 nitrogen and oxygen atoms in total. The molecule has 0 aromatic heterocycles. The number of fused-ring (bicyclic) bond motifs is 1. The Morgan fingerprint density at radius 3 is 2.62 bits per heavy atom. The van der Waals surface area contributed by atoms with Crippen LogP contribution >= 0.6 is 0 Å². The topological polar surface area (TPSA) is 0 Å². The molecule has 0 N–H and O–H groups in total. The van der Waals surface area contributed by atoms with Gasteiger partial charge in [0.05, 0.1) is 0 Å². The van der Waals surface area contributed by atoms with Gasteiger partial charge in [-0.25, -0.2) is 0 Å². The van der Waals surface area contributed by atoms with Crippen molar-refractivity contribution in [3.63, 3.8) is 0 Å². The summed E-state index contributed by atoms with van der Waals surface area (Å²) >= 11 is 0. The highest BCUT2D eigenvalue weighted by atomic mass is 14.5. The second-order valence-corrected chi connectivity index (χ2v) is 5.69. The van der Waals surface area contributed by atoms with E-state index in [9.17, 15) is 0 Å². The van der Waals surface area contributed by atoms with Gasteiger partial charge in [0.1, 0.15) is 0 Å². The standard InChI is InChI=1S/C13H21/c1-12(2)8-6-10-13(3)9-5-4-7-11(12)13/h4,7,9,11H,5-6,8,10H2,1-3H3. The molecular formula is C13H21. The van der Waals surface area contributed by atoms with Gasteiger partial charge in [-0.3, -0.25) is 0 Å². The van der Waals surface area contributed by atoms with Gasteiger partial charge in [0.25, 0.3) is 0 Å². The fraction of sp³-hybridized carbons (Fsp3) is 0.769. The molecule has 2 aliphatic rings. The van der Waals surface area contributed by atoms with Crippen LogP contribution in [0.2, 0.25) is 0 Å². The summed E-state index contributed by atoms with van der Waals surface area (Å²) in [6, 6.07) is 0. The first-order valence-electron chi connectivity index (χ1n) is 5.56. The van der Waals surface area contributed by atoms with E-state index in [0.717, 1.165) is 5.92 Å². The van der Waals surface area contributed by atoms with Crippen molar-refractivity contribution >= 4 is 0 Å².